The molecule has 0 saturated carbocycles. The highest BCUT2D eigenvalue weighted by atomic mass is 16.2. The van der Waals surface area contributed by atoms with E-state index < -0.39 is 0 Å². The second kappa shape index (κ2) is 4.95. The van der Waals surface area contributed by atoms with Gasteiger partial charge in [-0.05, 0) is 12.8 Å². The van der Waals surface area contributed by atoms with Gasteiger partial charge in [0, 0.05) is 27.2 Å². The van der Waals surface area contributed by atoms with Gasteiger partial charge in [-0.15, -0.1) is 0 Å². The smallest absolute Gasteiger partial charge is 0.329 e. The van der Waals surface area contributed by atoms with E-state index in [1.807, 2.05) is 0 Å². The topological polar surface area (TPSA) is 43.9 Å². The number of imide groups is 1. The molecule has 0 N–H and O–H groups in total. The fraction of sp³-hybridized carbons (Fsp3) is 0.778. The van der Waals surface area contributed by atoms with Crippen LogP contribution in [-0.4, -0.2) is 54.5 Å². The second-order valence-electron chi connectivity index (χ2n) is 3.64. The molecular weight excluding hydrogens is 182 g/mol. The van der Waals surface area contributed by atoms with Gasteiger partial charge in [0.1, 0.15) is 0 Å². The van der Waals surface area contributed by atoms with E-state index in [9.17, 15) is 9.59 Å². The lowest BCUT2D eigenvalue weighted by molar-refractivity contribution is -0.129. The van der Waals surface area contributed by atoms with Crippen LogP contribution in [0.2, 0.25) is 0 Å². The molecule has 0 spiro atoms. The van der Waals surface area contributed by atoms with Crippen LogP contribution in [0.15, 0.2) is 0 Å². The molecule has 0 bridgehead atoms. The summed E-state index contributed by atoms with van der Waals surface area (Å²) in [6.07, 6.45) is 3.86. The molecule has 0 aromatic carbocycles. The minimum absolute atomic E-state index is 0.276. The highest BCUT2D eigenvalue weighted by Crippen LogP contribution is 2.11. The highest BCUT2D eigenvalue weighted by Gasteiger charge is 2.23. The molecule has 1 heterocycles. The van der Waals surface area contributed by atoms with Gasteiger partial charge < -0.3 is 4.90 Å². The third kappa shape index (κ3) is 2.45. The van der Waals surface area contributed by atoms with Gasteiger partial charge in [-0.2, -0.15) is 5.01 Å². The average molecular weight is 199 g/mol. The normalized spacial score (nSPS) is 17.6. The van der Waals surface area contributed by atoms with Gasteiger partial charge in [-0.25, -0.2) is 9.80 Å². The van der Waals surface area contributed by atoms with Crippen molar-refractivity contribution in [1.29, 1.82) is 0 Å². The number of amides is 3. The third-order valence-electron chi connectivity index (χ3n) is 2.32. The molecule has 5 heteroatoms. The summed E-state index contributed by atoms with van der Waals surface area (Å²) in [4.78, 5) is 23.7. The number of carbonyl (C=O) groups is 2. The lowest BCUT2D eigenvalue weighted by Crippen LogP contribution is -2.51. The molecule has 5 nitrogen and oxygen atoms in total. The quantitative estimate of drug-likeness (QED) is 0.609. The summed E-state index contributed by atoms with van der Waals surface area (Å²) >= 11 is 0. The minimum Gasteiger partial charge on any atom is -0.329 e. The van der Waals surface area contributed by atoms with Gasteiger partial charge in [0.15, 0.2) is 0 Å². The van der Waals surface area contributed by atoms with Gasteiger partial charge in [-0.3, -0.25) is 4.79 Å². The number of hydrazine groups is 1. The first-order chi connectivity index (χ1) is 6.66. The molecule has 1 aliphatic rings. The fourth-order valence-corrected chi connectivity index (χ4v) is 1.53. The van der Waals surface area contributed by atoms with Gasteiger partial charge >= 0.3 is 6.03 Å². The SMILES string of the molecule is CN(C)C(=O)N(C=O)N1CCCCC1. The molecular formula is C9H17N3O2. The van der Waals surface area contributed by atoms with Crippen LogP contribution in [0.1, 0.15) is 19.3 Å². The maximum absolute atomic E-state index is 11.6. The molecule has 0 atom stereocenters. The van der Waals surface area contributed by atoms with Crippen molar-refractivity contribution in [3.63, 3.8) is 0 Å². The predicted molar refractivity (Wildman–Crippen MR) is 52.4 cm³/mol. The van der Waals surface area contributed by atoms with Crippen LogP contribution in [0.25, 0.3) is 0 Å². The lowest BCUT2D eigenvalue weighted by Gasteiger charge is -2.34. The fourth-order valence-electron chi connectivity index (χ4n) is 1.53. The van der Waals surface area contributed by atoms with Gasteiger partial charge in [-0.1, -0.05) is 6.42 Å². The van der Waals surface area contributed by atoms with Crippen LogP contribution < -0.4 is 0 Å². The van der Waals surface area contributed by atoms with Crippen molar-refractivity contribution in [3.05, 3.63) is 0 Å². The van der Waals surface area contributed by atoms with Crippen molar-refractivity contribution in [3.8, 4) is 0 Å². The van der Waals surface area contributed by atoms with E-state index in [0.717, 1.165) is 25.9 Å². The Hall–Kier alpha value is -1.10. The minimum atomic E-state index is -0.276. The van der Waals surface area contributed by atoms with Crippen LogP contribution in [0.3, 0.4) is 0 Å². The maximum Gasteiger partial charge on any atom is 0.340 e. The van der Waals surface area contributed by atoms with Crippen LogP contribution in [0.5, 0.6) is 0 Å². The molecule has 3 amide bonds. The van der Waals surface area contributed by atoms with Crippen molar-refractivity contribution in [1.82, 2.24) is 14.9 Å². The Kier molecular flexibility index (Phi) is 3.88. The average Bonchev–Trinajstić information content (AvgIpc) is 2.20. The van der Waals surface area contributed by atoms with E-state index in [2.05, 4.69) is 0 Å². The summed E-state index contributed by atoms with van der Waals surface area (Å²) in [6, 6.07) is -0.276. The summed E-state index contributed by atoms with van der Waals surface area (Å²) in [5, 5.41) is 2.97. The molecule has 1 fully saturated rings. The van der Waals surface area contributed by atoms with E-state index in [0.29, 0.717) is 6.41 Å². The maximum atomic E-state index is 11.6. The molecule has 0 aromatic heterocycles. The first-order valence-corrected chi connectivity index (χ1v) is 4.87. The standard InChI is InChI=1S/C9H17N3O2/c1-10(2)9(14)12(8-13)11-6-4-3-5-7-11/h8H,3-7H2,1-2H3. The summed E-state index contributed by atoms with van der Waals surface area (Å²) < 4.78 is 0. The van der Waals surface area contributed by atoms with Crippen molar-refractivity contribution >= 4 is 12.4 Å². The summed E-state index contributed by atoms with van der Waals surface area (Å²) in [5.74, 6) is 0. The Balaban J connectivity index is 2.59. The van der Waals surface area contributed by atoms with Crippen molar-refractivity contribution in [2.45, 2.75) is 19.3 Å². The molecule has 1 rings (SSSR count). The molecule has 1 saturated heterocycles. The highest BCUT2D eigenvalue weighted by molar-refractivity contribution is 5.83. The van der Waals surface area contributed by atoms with Gasteiger partial charge in [0.05, 0.1) is 0 Å². The van der Waals surface area contributed by atoms with Crippen molar-refractivity contribution < 1.29 is 9.59 Å². The first-order valence-electron chi connectivity index (χ1n) is 4.87. The number of rotatable bonds is 2. The zero-order chi connectivity index (χ0) is 10.6. The molecule has 80 valence electrons. The largest absolute Gasteiger partial charge is 0.340 e. The van der Waals surface area contributed by atoms with E-state index in [1.54, 1.807) is 19.1 Å². The molecule has 14 heavy (non-hydrogen) atoms. The third-order valence-corrected chi connectivity index (χ3v) is 2.32. The molecule has 0 unspecified atom stereocenters. The van der Waals surface area contributed by atoms with Crippen LogP contribution >= 0.6 is 0 Å². The first kappa shape index (κ1) is 11.0. The van der Waals surface area contributed by atoms with Crippen LogP contribution in [0, 0.1) is 0 Å². The van der Waals surface area contributed by atoms with Gasteiger partial charge in [0.2, 0.25) is 6.41 Å². The summed E-state index contributed by atoms with van der Waals surface area (Å²) in [6.45, 7) is 1.58. The number of hydrogen-bond donors (Lipinski definition) is 0. The summed E-state index contributed by atoms with van der Waals surface area (Å²) in [5.41, 5.74) is 0. The van der Waals surface area contributed by atoms with Crippen molar-refractivity contribution in [2.24, 2.45) is 0 Å². The Bertz CT molecular complexity index is 212. The van der Waals surface area contributed by atoms with E-state index in [1.165, 1.54) is 16.3 Å². The van der Waals surface area contributed by atoms with Crippen LogP contribution in [0.4, 0.5) is 4.79 Å². The van der Waals surface area contributed by atoms with Crippen LogP contribution in [-0.2, 0) is 4.79 Å². The second-order valence-corrected chi connectivity index (χ2v) is 3.64. The Morgan fingerprint density at radius 2 is 1.79 bits per heavy atom. The summed E-state index contributed by atoms with van der Waals surface area (Å²) in [7, 11) is 3.28. The van der Waals surface area contributed by atoms with Crippen molar-refractivity contribution in [2.75, 3.05) is 27.2 Å². The number of carbonyl (C=O) groups excluding carboxylic acids is 2. The number of nitrogens with zero attached hydrogens (tertiary/aromatic N) is 3. The number of urea groups is 1. The molecule has 0 radical (unpaired) electrons. The Morgan fingerprint density at radius 1 is 1.21 bits per heavy atom. The zero-order valence-corrected chi connectivity index (χ0v) is 8.77. The van der Waals surface area contributed by atoms with E-state index in [-0.39, 0.29) is 6.03 Å². The van der Waals surface area contributed by atoms with E-state index in [4.69, 9.17) is 0 Å². The zero-order valence-electron chi connectivity index (χ0n) is 8.77. The van der Waals surface area contributed by atoms with E-state index >= 15 is 0 Å². The molecule has 0 aliphatic carbocycles. The Morgan fingerprint density at radius 3 is 2.21 bits per heavy atom. The molecule has 0 aromatic rings. The number of piperidine rings is 1. The Labute approximate surface area is 84.2 Å². The monoisotopic (exact) mass is 199 g/mol. The van der Waals surface area contributed by atoms with Gasteiger partial charge in [0.25, 0.3) is 0 Å². The number of hydrogen-bond acceptors (Lipinski definition) is 3. The lowest BCUT2D eigenvalue weighted by atomic mass is 10.2. The predicted octanol–water partition coefficient (Wildman–Crippen LogP) is 0.527. The molecule has 1 aliphatic heterocycles.